The summed E-state index contributed by atoms with van der Waals surface area (Å²) < 4.78 is 0. The summed E-state index contributed by atoms with van der Waals surface area (Å²) in [5, 5.41) is 11.7. The molecular formula is C11H18N4O. The number of anilines is 1. The lowest BCUT2D eigenvalue weighted by Crippen LogP contribution is -2.28. The molecule has 0 spiro atoms. The third kappa shape index (κ3) is 2.62. The number of hydrogen-bond donors (Lipinski definition) is 2. The molecule has 0 saturated heterocycles. The van der Waals surface area contributed by atoms with E-state index >= 15 is 0 Å². The van der Waals surface area contributed by atoms with Gasteiger partial charge in [0.1, 0.15) is 5.82 Å². The third-order valence-corrected chi connectivity index (χ3v) is 2.35. The molecule has 0 saturated carbocycles. The van der Waals surface area contributed by atoms with Crippen LogP contribution in [-0.2, 0) is 0 Å². The first-order valence-electron chi connectivity index (χ1n) is 5.42. The second-order valence-electron chi connectivity index (χ2n) is 3.44. The Kier molecular flexibility index (Phi) is 4.57. The molecular weight excluding hydrogens is 204 g/mol. The van der Waals surface area contributed by atoms with Gasteiger partial charge in [-0.05, 0) is 25.5 Å². The van der Waals surface area contributed by atoms with E-state index in [0.29, 0.717) is 5.56 Å². The number of amidine groups is 1. The first kappa shape index (κ1) is 12.3. The average Bonchev–Trinajstić information content (AvgIpc) is 2.35. The van der Waals surface area contributed by atoms with E-state index in [0.717, 1.165) is 25.3 Å². The van der Waals surface area contributed by atoms with Crippen molar-refractivity contribution in [3.05, 3.63) is 23.9 Å². The van der Waals surface area contributed by atoms with E-state index in [1.165, 1.54) is 0 Å². The molecule has 0 aromatic carbocycles. The Morgan fingerprint density at radius 3 is 2.88 bits per heavy atom. The zero-order valence-electron chi connectivity index (χ0n) is 9.72. The van der Waals surface area contributed by atoms with Crippen molar-refractivity contribution in [2.45, 2.75) is 20.3 Å². The number of rotatable bonds is 5. The first-order chi connectivity index (χ1) is 7.74. The Morgan fingerprint density at radius 1 is 1.56 bits per heavy atom. The summed E-state index contributed by atoms with van der Waals surface area (Å²) in [6.07, 6.45) is 2.74. The molecule has 88 valence electrons. The van der Waals surface area contributed by atoms with E-state index in [9.17, 15) is 0 Å². The first-order valence-corrected chi connectivity index (χ1v) is 5.42. The SMILES string of the molecule is CCCN(CC)c1ncccc1/C(N)=N/O. The lowest BCUT2D eigenvalue weighted by atomic mass is 10.2. The number of nitrogens with zero attached hydrogens (tertiary/aromatic N) is 3. The lowest BCUT2D eigenvalue weighted by Gasteiger charge is -2.23. The molecule has 0 bridgehead atoms. The molecule has 1 aromatic rings. The highest BCUT2D eigenvalue weighted by Crippen LogP contribution is 2.16. The fraction of sp³-hybridized carbons (Fsp3) is 0.455. The van der Waals surface area contributed by atoms with Gasteiger partial charge in [0.15, 0.2) is 5.84 Å². The second kappa shape index (κ2) is 5.95. The van der Waals surface area contributed by atoms with E-state index in [1.54, 1.807) is 18.3 Å². The molecule has 0 aliphatic heterocycles. The van der Waals surface area contributed by atoms with Gasteiger partial charge in [-0.15, -0.1) is 0 Å². The Balaban J connectivity index is 3.10. The summed E-state index contributed by atoms with van der Waals surface area (Å²) in [6, 6.07) is 3.58. The van der Waals surface area contributed by atoms with Crippen LogP contribution in [-0.4, -0.2) is 29.1 Å². The van der Waals surface area contributed by atoms with Crippen LogP contribution in [0.2, 0.25) is 0 Å². The molecule has 1 rings (SSSR count). The molecule has 3 N–H and O–H groups in total. The second-order valence-corrected chi connectivity index (χ2v) is 3.44. The fourth-order valence-corrected chi connectivity index (χ4v) is 1.59. The molecule has 0 amide bonds. The van der Waals surface area contributed by atoms with E-state index in [4.69, 9.17) is 10.9 Å². The summed E-state index contributed by atoms with van der Waals surface area (Å²) in [5.74, 6) is 0.861. The van der Waals surface area contributed by atoms with E-state index in [-0.39, 0.29) is 5.84 Å². The highest BCUT2D eigenvalue weighted by molar-refractivity contribution is 6.01. The normalized spacial score (nSPS) is 11.5. The summed E-state index contributed by atoms with van der Waals surface area (Å²) in [5.41, 5.74) is 6.28. The molecule has 5 heteroatoms. The predicted octanol–water partition coefficient (Wildman–Crippen LogP) is 1.41. The summed E-state index contributed by atoms with van der Waals surface area (Å²) >= 11 is 0. The Hall–Kier alpha value is -1.78. The van der Waals surface area contributed by atoms with Gasteiger partial charge in [0.25, 0.3) is 0 Å². The van der Waals surface area contributed by atoms with Gasteiger partial charge in [0, 0.05) is 19.3 Å². The van der Waals surface area contributed by atoms with Gasteiger partial charge in [0.2, 0.25) is 0 Å². The molecule has 0 atom stereocenters. The van der Waals surface area contributed by atoms with Crippen LogP contribution in [0.15, 0.2) is 23.5 Å². The third-order valence-electron chi connectivity index (χ3n) is 2.35. The maximum Gasteiger partial charge on any atom is 0.173 e. The molecule has 0 radical (unpaired) electrons. The largest absolute Gasteiger partial charge is 0.409 e. The summed E-state index contributed by atoms with van der Waals surface area (Å²) in [4.78, 5) is 6.40. The predicted molar refractivity (Wildman–Crippen MR) is 64.9 cm³/mol. The van der Waals surface area contributed by atoms with Crippen molar-refractivity contribution < 1.29 is 5.21 Å². The van der Waals surface area contributed by atoms with Gasteiger partial charge in [0.05, 0.1) is 5.56 Å². The molecule has 16 heavy (non-hydrogen) atoms. The summed E-state index contributed by atoms with van der Waals surface area (Å²) in [6.45, 7) is 5.91. The minimum absolute atomic E-state index is 0.0950. The van der Waals surface area contributed by atoms with Gasteiger partial charge >= 0.3 is 0 Å². The van der Waals surface area contributed by atoms with Crippen molar-refractivity contribution >= 4 is 11.7 Å². The number of oxime groups is 1. The molecule has 0 aliphatic rings. The minimum Gasteiger partial charge on any atom is -0.409 e. The van der Waals surface area contributed by atoms with Crippen LogP contribution >= 0.6 is 0 Å². The van der Waals surface area contributed by atoms with Crippen LogP contribution in [0.5, 0.6) is 0 Å². The van der Waals surface area contributed by atoms with Crippen molar-refractivity contribution in [2.75, 3.05) is 18.0 Å². The maximum atomic E-state index is 8.71. The standard InChI is InChI=1S/C11H18N4O/c1-3-8-15(4-2)11-9(10(12)14-16)6-5-7-13-11/h5-7,16H,3-4,8H2,1-2H3,(H2,12,14). The van der Waals surface area contributed by atoms with Gasteiger partial charge in [-0.3, -0.25) is 0 Å². The Morgan fingerprint density at radius 2 is 2.31 bits per heavy atom. The quantitative estimate of drug-likeness (QED) is 0.342. The molecule has 0 aliphatic carbocycles. The summed E-state index contributed by atoms with van der Waals surface area (Å²) in [7, 11) is 0. The van der Waals surface area contributed by atoms with E-state index in [1.807, 2.05) is 0 Å². The van der Waals surface area contributed by atoms with Crippen LogP contribution in [0.3, 0.4) is 0 Å². The van der Waals surface area contributed by atoms with Crippen molar-refractivity contribution in [3.8, 4) is 0 Å². The number of aromatic nitrogens is 1. The Labute approximate surface area is 95.6 Å². The van der Waals surface area contributed by atoms with Crippen LogP contribution < -0.4 is 10.6 Å². The van der Waals surface area contributed by atoms with Crippen LogP contribution in [0.4, 0.5) is 5.82 Å². The lowest BCUT2D eigenvalue weighted by molar-refractivity contribution is 0.318. The van der Waals surface area contributed by atoms with Crippen molar-refractivity contribution in [1.29, 1.82) is 0 Å². The number of hydrogen-bond acceptors (Lipinski definition) is 4. The average molecular weight is 222 g/mol. The minimum atomic E-state index is 0.0950. The van der Waals surface area contributed by atoms with Gasteiger partial charge in [-0.1, -0.05) is 12.1 Å². The Bertz CT molecular complexity index is 365. The smallest absolute Gasteiger partial charge is 0.173 e. The molecule has 0 fully saturated rings. The molecule has 1 heterocycles. The molecule has 5 nitrogen and oxygen atoms in total. The van der Waals surface area contributed by atoms with Crippen LogP contribution in [0, 0.1) is 0 Å². The number of pyridine rings is 1. The topological polar surface area (TPSA) is 74.7 Å². The van der Waals surface area contributed by atoms with E-state index in [2.05, 4.69) is 28.9 Å². The van der Waals surface area contributed by atoms with E-state index < -0.39 is 0 Å². The molecule has 1 aromatic heterocycles. The van der Waals surface area contributed by atoms with Crippen molar-refractivity contribution in [1.82, 2.24) is 4.98 Å². The zero-order chi connectivity index (χ0) is 12.0. The fourth-order valence-electron chi connectivity index (χ4n) is 1.59. The highest BCUT2D eigenvalue weighted by Gasteiger charge is 2.12. The number of nitrogens with two attached hydrogens (primary N) is 1. The molecule has 0 unspecified atom stereocenters. The van der Waals surface area contributed by atoms with Gasteiger partial charge in [-0.25, -0.2) is 4.98 Å². The van der Waals surface area contributed by atoms with Crippen molar-refractivity contribution in [3.63, 3.8) is 0 Å². The zero-order valence-corrected chi connectivity index (χ0v) is 9.72. The highest BCUT2D eigenvalue weighted by atomic mass is 16.4. The van der Waals surface area contributed by atoms with Crippen LogP contribution in [0.1, 0.15) is 25.8 Å². The monoisotopic (exact) mass is 222 g/mol. The van der Waals surface area contributed by atoms with Crippen molar-refractivity contribution in [2.24, 2.45) is 10.9 Å². The van der Waals surface area contributed by atoms with Crippen LogP contribution in [0.25, 0.3) is 0 Å². The van der Waals surface area contributed by atoms with Gasteiger partial charge < -0.3 is 15.8 Å². The van der Waals surface area contributed by atoms with Gasteiger partial charge in [-0.2, -0.15) is 0 Å². The maximum absolute atomic E-state index is 8.71.